The van der Waals surface area contributed by atoms with E-state index in [-0.39, 0.29) is 39.0 Å². The Labute approximate surface area is 481 Å². The lowest BCUT2D eigenvalue weighted by atomic mass is 9.89. The van der Waals surface area contributed by atoms with Gasteiger partial charge in [0.15, 0.2) is 31.5 Å². The highest BCUT2D eigenvalue weighted by Crippen LogP contribution is 2.47. The molecule has 436 valence electrons. The summed E-state index contributed by atoms with van der Waals surface area (Å²) in [6.07, 6.45) is -10.7. The Balaban J connectivity index is 0.860. The molecule has 0 aromatic heterocycles. The number of fused-ring (bicyclic) bond motifs is 1. The first-order valence-electron chi connectivity index (χ1n) is 28.9. The number of hydrogen-bond donors (Lipinski definition) is 1. The second kappa shape index (κ2) is 28.1. The summed E-state index contributed by atoms with van der Waals surface area (Å²) < 4.78 is 95.4. The summed E-state index contributed by atoms with van der Waals surface area (Å²) in [4.78, 5) is 0. The minimum atomic E-state index is -1.19. The molecule has 82 heavy (non-hydrogen) atoms. The van der Waals surface area contributed by atoms with Crippen molar-refractivity contribution in [1.29, 1.82) is 0 Å². The molecule has 6 aromatic rings. The normalized spacial score (nSPS) is 33.7. The zero-order chi connectivity index (χ0) is 56.3. The fourth-order valence-corrected chi connectivity index (χ4v) is 11.6. The molecule has 0 saturated carbocycles. The lowest BCUT2D eigenvalue weighted by Crippen LogP contribution is -2.63. The van der Waals surface area contributed by atoms with Crippen molar-refractivity contribution in [2.45, 2.75) is 153 Å². The number of benzene rings is 6. The Morgan fingerprint density at radius 2 is 0.939 bits per heavy atom. The van der Waals surface area contributed by atoms with Crippen LogP contribution in [0.25, 0.3) is 0 Å². The average molecular weight is 1120 g/mol. The molecule has 15 heteroatoms. The average Bonchev–Trinajstić information content (AvgIpc) is 3.77. The van der Waals surface area contributed by atoms with Crippen LogP contribution in [0.4, 0.5) is 0 Å². The van der Waals surface area contributed by atoms with E-state index in [4.69, 9.17) is 66.3 Å². The van der Waals surface area contributed by atoms with Gasteiger partial charge in [-0.3, -0.25) is 0 Å². The Morgan fingerprint density at radius 1 is 0.451 bits per heavy atom. The lowest BCUT2D eigenvalue weighted by Gasteiger charge is -2.50. The van der Waals surface area contributed by atoms with Gasteiger partial charge >= 0.3 is 0 Å². The van der Waals surface area contributed by atoms with Crippen molar-refractivity contribution < 1.29 is 71.4 Å². The van der Waals surface area contributed by atoms with Gasteiger partial charge in [-0.2, -0.15) is 0 Å². The molecule has 15 nitrogen and oxygen atoms in total. The van der Waals surface area contributed by atoms with Crippen molar-refractivity contribution in [3.05, 3.63) is 215 Å². The Kier molecular flexibility index (Phi) is 20.0. The molecule has 5 aliphatic heterocycles. The van der Waals surface area contributed by atoms with Crippen molar-refractivity contribution in [3.63, 3.8) is 0 Å². The molecule has 5 heterocycles. The molecule has 0 spiro atoms. The third-order valence-corrected chi connectivity index (χ3v) is 16.3. The first kappa shape index (κ1) is 58.5. The minimum Gasteiger partial charge on any atom is -0.374 e. The predicted octanol–water partition coefficient (Wildman–Crippen LogP) is 10.3. The summed E-state index contributed by atoms with van der Waals surface area (Å²) in [6, 6.07) is 60.0. The summed E-state index contributed by atoms with van der Waals surface area (Å²) >= 11 is 0. The first-order chi connectivity index (χ1) is 40.2. The number of rotatable bonds is 24. The maximum absolute atomic E-state index is 11.6. The molecule has 5 aliphatic rings. The van der Waals surface area contributed by atoms with Gasteiger partial charge < -0.3 is 71.4 Å². The van der Waals surface area contributed by atoms with Crippen LogP contribution < -0.4 is 0 Å². The van der Waals surface area contributed by atoms with Crippen molar-refractivity contribution in [2.75, 3.05) is 26.4 Å². The standard InChI is InChI=1S/C67H78O15/c1-44-35-74-65(60(73-40-52-31-19-9-20-32-52)55(44)78-66-61-67(43-75-66,42-70-37-49-25-13-6-14-26-49)82-64(81-61)53-33-21-10-22-34-53)80-58-47(4)76-62(68)45(2)57(58)79-63-46(3)56(71-38-50-27-15-7-16-28-50)59(72-39-51-29-17-8-18-30-51)54(77-63)41-69-36-48-23-11-5-12-24-48/h5-34,44-47,54-66,68H,35-43H2,1-4H3/t44-,45+,46-,47?,54?,55-,56?,57?,58+,59-,60?,61?,62?,63+,64+,65+,66+,67-/m1/s1. The van der Waals surface area contributed by atoms with Crippen LogP contribution in [0.5, 0.6) is 0 Å². The minimum absolute atomic E-state index is 0.170. The number of hydrogen-bond acceptors (Lipinski definition) is 15. The Morgan fingerprint density at radius 3 is 1.51 bits per heavy atom. The molecule has 1 N–H and O–H groups in total. The molecule has 0 aliphatic carbocycles. The number of aliphatic hydroxyl groups is 1. The molecule has 11 rings (SSSR count). The van der Waals surface area contributed by atoms with Gasteiger partial charge in [-0.25, -0.2) is 0 Å². The van der Waals surface area contributed by atoms with E-state index in [0.29, 0.717) is 26.4 Å². The smallest absolute Gasteiger partial charge is 0.187 e. The molecule has 5 fully saturated rings. The van der Waals surface area contributed by atoms with Gasteiger partial charge in [0.05, 0.1) is 83.9 Å². The van der Waals surface area contributed by atoms with Gasteiger partial charge in [-0.1, -0.05) is 203 Å². The predicted molar refractivity (Wildman–Crippen MR) is 302 cm³/mol. The fraction of sp³-hybridized carbons (Fsp3) is 0.463. The van der Waals surface area contributed by atoms with E-state index in [9.17, 15) is 5.11 Å². The van der Waals surface area contributed by atoms with Gasteiger partial charge in [0.1, 0.15) is 36.1 Å². The van der Waals surface area contributed by atoms with Gasteiger partial charge in [-0.15, -0.1) is 0 Å². The second-order valence-corrected chi connectivity index (χ2v) is 22.4. The molecule has 5 saturated heterocycles. The van der Waals surface area contributed by atoms with Gasteiger partial charge in [-0.05, 0) is 34.7 Å². The summed E-state index contributed by atoms with van der Waals surface area (Å²) in [5.41, 5.74) is 4.95. The summed E-state index contributed by atoms with van der Waals surface area (Å²) in [7, 11) is 0. The van der Waals surface area contributed by atoms with Crippen molar-refractivity contribution in [1.82, 2.24) is 0 Å². The molecular formula is C67H78O15. The van der Waals surface area contributed by atoms with Crippen molar-refractivity contribution >= 4 is 0 Å². The van der Waals surface area contributed by atoms with Crippen LogP contribution in [0, 0.1) is 17.8 Å². The maximum Gasteiger partial charge on any atom is 0.187 e. The van der Waals surface area contributed by atoms with Crippen LogP contribution in [0.2, 0.25) is 0 Å². The molecule has 6 aromatic carbocycles. The molecular weight excluding hydrogens is 1040 g/mol. The van der Waals surface area contributed by atoms with Gasteiger partial charge in [0.25, 0.3) is 0 Å². The maximum atomic E-state index is 11.6. The largest absolute Gasteiger partial charge is 0.374 e. The number of aliphatic hydroxyl groups excluding tert-OH is 1. The molecule has 7 unspecified atom stereocenters. The summed E-state index contributed by atoms with van der Waals surface area (Å²) in [5.74, 6) is -1.19. The Hall–Kier alpha value is -5.28. The Bertz CT molecular complexity index is 2810. The van der Waals surface area contributed by atoms with E-state index in [2.05, 4.69) is 13.8 Å². The third-order valence-electron chi connectivity index (χ3n) is 16.3. The quantitative estimate of drug-likeness (QED) is 0.0612. The fourth-order valence-electron chi connectivity index (χ4n) is 11.6. The first-order valence-corrected chi connectivity index (χ1v) is 28.9. The van der Waals surface area contributed by atoms with Crippen LogP contribution in [0.1, 0.15) is 67.4 Å². The number of ether oxygens (including phenoxy) is 14. The second-order valence-electron chi connectivity index (χ2n) is 22.4. The topological polar surface area (TPSA) is 149 Å². The van der Waals surface area contributed by atoms with E-state index in [0.717, 1.165) is 33.4 Å². The molecule has 0 radical (unpaired) electrons. The van der Waals surface area contributed by atoms with Crippen molar-refractivity contribution in [3.8, 4) is 0 Å². The lowest BCUT2D eigenvalue weighted by molar-refractivity contribution is -0.372. The van der Waals surface area contributed by atoms with Crippen molar-refractivity contribution in [2.24, 2.45) is 17.8 Å². The zero-order valence-corrected chi connectivity index (χ0v) is 47.2. The summed E-state index contributed by atoms with van der Waals surface area (Å²) in [5, 5.41) is 11.6. The molecule has 18 atom stereocenters. The van der Waals surface area contributed by atoms with Gasteiger partial charge in [0, 0.05) is 23.3 Å². The van der Waals surface area contributed by atoms with Crippen LogP contribution in [-0.4, -0.2) is 117 Å². The van der Waals surface area contributed by atoms with E-state index in [1.807, 2.05) is 196 Å². The molecule has 0 amide bonds. The van der Waals surface area contributed by atoms with Crippen LogP contribution in [-0.2, 0) is 99.4 Å². The highest BCUT2D eigenvalue weighted by atomic mass is 16.8. The van der Waals surface area contributed by atoms with Gasteiger partial charge in [0.2, 0.25) is 0 Å². The third kappa shape index (κ3) is 14.3. The highest BCUT2D eigenvalue weighted by Gasteiger charge is 2.61. The van der Waals surface area contributed by atoms with Crippen LogP contribution >= 0.6 is 0 Å². The summed E-state index contributed by atoms with van der Waals surface area (Å²) in [6.45, 7) is 10.3. The molecule has 0 bridgehead atoms. The van der Waals surface area contributed by atoms with E-state index in [1.54, 1.807) is 0 Å². The zero-order valence-electron chi connectivity index (χ0n) is 47.2. The van der Waals surface area contributed by atoms with E-state index in [1.165, 1.54) is 0 Å². The van der Waals surface area contributed by atoms with E-state index < -0.39 is 104 Å². The van der Waals surface area contributed by atoms with E-state index >= 15 is 0 Å². The van der Waals surface area contributed by atoms with Crippen LogP contribution in [0.15, 0.2) is 182 Å². The highest BCUT2D eigenvalue weighted by molar-refractivity contribution is 5.20. The SMILES string of the molecule is CC1OC(O)[C@@H](C)C(O[C@@H]2OC(COCc3ccccc3)[C@@H](OCc3ccccc3)C(OCc3ccccc3)[C@H]2C)[C@H]1O[C@@H]1OC[C@@H](C)[C@@H](O[C@@H]2OC[C@@]3(COCc4ccccc4)O[C@@H](c4ccccc4)OC23)C1OCc1ccccc1. The van der Waals surface area contributed by atoms with Crippen LogP contribution in [0.3, 0.4) is 0 Å². The monoisotopic (exact) mass is 1120 g/mol.